The van der Waals surface area contributed by atoms with Gasteiger partial charge in [-0.15, -0.1) is 0 Å². The van der Waals surface area contributed by atoms with Crippen molar-refractivity contribution < 1.29 is 52.4 Å². The quantitative estimate of drug-likeness (QED) is 0.108. The lowest BCUT2D eigenvalue weighted by Gasteiger charge is -2.26. The predicted molar refractivity (Wildman–Crippen MR) is 197 cm³/mol. The number of carbonyl (C=O) groups is 5. The Hall–Kier alpha value is -5.59. The van der Waals surface area contributed by atoms with Gasteiger partial charge in [0.05, 0.1) is 26.9 Å². The highest BCUT2D eigenvalue weighted by molar-refractivity contribution is 6.00. The van der Waals surface area contributed by atoms with Crippen LogP contribution in [0.2, 0.25) is 0 Å². The maximum atomic E-state index is 13.3. The number of amides is 2. The van der Waals surface area contributed by atoms with Gasteiger partial charge in [-0.3, -0.25) is 4.79 Å². The number of esters is 2. The van der Waals surface area contributed by atoms with Crippen LogP contribution in [0.4, 0.5) is 9.59 Å². The average molecular weight is 735 g/mol. The topological polar surface area (TPSA) is 165 Å². The molecule has 0 radical (unpaired) electrons. The zero-order valence-electron chi connectivity index (χ0n) is 32.0. The summed E-state index contributed by atoms with van der Waals surface area (Å²) in [6.45, 7) is 11.7. The van der Waals surface area contributed by atoms with Crippen molar-refractivity contribution in [2.45, 2.75) is 91.2 Å². The molecule has 0 bridgehead atoms. The molecule has 3 rings (SSSR count). The number of Topliss-reactive ketones (excluding diaryl/α,β-unsaturated/α-hetero) is 1. The summed E-state index contributed by atoms with van der Waals surface area (Å²) < 4.78 is 32.8. The molecule has 3 aromatic rings. The van der Waals surface area contributed by atoms with E-state index in [1.54, 1.807) is 84.0 Å². The van der Waals surface area contributed by atoms with Crippen molar-refractivity contribution in [1.82, 2.24) is 10.6 Å². The Morgan fingerprint density at radius 1 is 0.642 bits per heavy atom. The Morgan fingerprint density at radius 2 is 1.23 bits per heavy atom. The number of ether oxygens (including phenoxy) is 6. The van der Waals surface area contributed by atoms with E-state index in [1.165, 1.54) is 28.3 Å². The second kappa shape index (κ2) is 18.3. The molecule has 0 aliphatic rings. The highest BCUT2D eigenvalue weighted by Crippen LogP contribution is 2.40. The van der Waals surface area contributed by atoms with Crippen LogP contribution in [0.15, 0.2) is 60.7 Å². The number of hydrogen-bond acceptors (Lipinski definition) is 11. The van der Waals surface area contributed by atoms with Gasteiger partial charge in [-0.2, -0.15) is 0 Å². The van der Waals surface area contributed by atoms with E-state index in [4.69, 9.17) is 28.4 Å². The molecule has 0 aliphatic carbocycles. The van der Waals surface area contributed by atoms with Crippen molar-refractivity contribution in [1.29, 1.82) is 0 Å². The lowest BCUT2D eigenvalue weighted by Crippen LogP contribution is -2.47. The molecule has 0 spiro atoms. The van der Waals surface area contributed by atoms with Gasteiger partial charge < -0.3 is 39.1 Å². The number of alkyl carbamates (subject to hydrolysis) is 2. The van der Waals surface area contributed by atoms with Crippen LogP contribution in [0, 0.1) is 0 Å². The van der Waals surface area contributed by atoms with Crippen molar-refractivity contribution >= 4 is 29.9 Å². The summed E-state index contributed by atoms with van der Waals surface area (Å²) in [5, 5.41) is 5.20. The molecule has 2 amide bonds. The number of nitrogens with one attached hydrogen (secondary N) is 2. The SMILES string of the molecule is COC(=O)[C@H](Cc1cc(C(C)=O)c(OC)c(-c2cc(C[C@H](NC(=O)OC(C)(C)C)C(=O)OC(C)(C)C)ccc2OC)c1)NC(=O)OCc1ccccc1. The van der Waals surface area contributed by atoms with E-state index in [0.717, 1.165) is 5.56 Å². The summed E-state index contributed by atoms with van der Waals surface area (Å²) in [7, 11) is 4.10. The second-order valence-electron chi connectivity index (χ2n) is 14.2. The van der Waals surface area contributed by atoms with E-state index in [9.17, 15) is 24.0 Å². The van der Waals surface area contributed by atoms with Gasteiger partial charge in [0.1, 0.15) is 41.4 Å². The Labute approximate surface area is 310 Å². The molecule has 3 aromatic carbocycles. The summed E-state index contributed by atoms with van der Waals surface area (Å²) in [4.78, 5) is 64.8. The van der Waals surface area contributed by atoms with E-state index in [-0.39, 0.29) is 36.5 Å². The van der Waals surface area contributed by atoms with Crippen LogP contribution in [-0.4, -0.2) is 74.5 Å². The summed E-state index contributed by atoms with van der Waals surface area (Å²) >= 11 is 0. The summed E-state index contributed by atoms with van der Waals surface area (Å²) in [6.07, 6.45) is -1.70. The van der Waals surface area contributed by atoms with Crippen molar-refractivity contribution in [2.24, 2.45) is 0 Å². The third-order valence-electron chi connectivity index (χ3n) is 7.54. The predicted octanol–water partition coefficient (Wildman–Crippen LogP) is 6.36. The number of benzene rings is 3. The number of methoxy groups -OCH3 is 3. The largest absolute Gasteiger partial charge is 0.496 e. The van der Waals surface area contributed by atoms with Gasteiger partial charge in [-0.05, 0) is 89.4 Å². The molecule has 13 heteroatoms. The molecule has 0 unspecified atom stereocenters. The van der Waals surface area contributed by atoms with Crippen LogP contribution in [0.25, 0.3) is 11.1 Å². The van der Waals surface area contributed by atoms with E-state index in [1.807, 2.05) is 18.2 Å². The van der Waals surface area contributed by atoms with Gasteiger partial charge in [0, 0.05) is 24.0 Å². The highest BCUT2D eigenvalue weighted by Gasteiger charge is 2.30. The Bertz CT molecular complexity index is 1780. The molecule has 286 valence electrons. The van der Waals surface area contributed by atoms with E-state index < -0.39 is 47.4 Å². The zero-order valence-corrected chi connectivity index (χ0v) is 32.0. The number of carbonyl (C=O) groups excluding carboxylic acids is 5. The van der Waals surface area contributed by atoms with Gasteiger partial charge >= 0.3 is 24.1 Å². The van der Waals surface area contributed by atoms with Crippen molar-refractivity contribution in [2.75, 3.05) is 21.3 Å². The van der Waals surface area contributed by atoms with Gasteiger partial charge in [0.2, 0.25) is 0 Å². The van der Waals surface area contributed by atoms with Crippen molar-refractivity contribution in [3.05, 3.63) is 82.9 Å². The second-order valence-corrected chi connectivity index (χ2v) is 14.2. The molecule has 2 atom stereocenters. The van der Waals surface area contributed by atoms with Crippen LogP contribution in [0.5, 0.6) is 11.5 Å². The highest BCUT2D eigenvalue weighted by atomic mass is 16.6. The zero-order chi connectivity index (χ0) is 39.5. The van der Waals surface area contributed by atoms with Crippen LogP contribution < -0.4 is 20.1 Å². The molecular formula is C40H50N2O11. The lowest BCUT2D eigenvalue weighted by molar-refractivity contribution is -0.157. The van der Waals surface area contributed by atoms with Crippen LogP contribution in [-0.2, 0) is 48.0 Å². The molecule has 0 saturated carbocycles. The van der Waals surface area contributed by atoms with E-state index in [0.29, 0.717) is 28.0 Å². The molecule has 53 heavy (non-hydrogen) atoms. The number of rotatable bonds is 14. The molecule has 2 N–H and O–H groups in total. The molecule has 13 nitrogen and oxygen atoms in total. The minimum absolute atomic E-state index is 0.00610. The first kappa shape index (κ1) is 41.8. The van der Waals surface area contributed by atoms with Gasteiger partial charge in [0.15, 0.2) is 5.78 Å². The third-order valence-corrected chi connectivity index (χ3v) is 7.54. The van der Waals surface area contributed by atoms with E-state index in [2.05, 4.69) is 10.6 Å². The molecule has 0 aliphatic heterocycles. The summed E-state index contributed by atoms with van der Waals surface area (Å²) in [6, 6.07) is 15.2. The van der Waals surface area contributed by atoms with Crippen LogP contribution >= 0.6 is 0 Å². The normalized spacial score (nSPS) is 12.4. The Morgan fingerprint density at radius 3 is 1.79 bits per heavy atom. The summed E-state index contributed by atoms with van der Waals surface area (Å²) in [5.41, 5.74) is 1.32. The summed E-state index contributed by atoms with van der Waals surface area (Å²) in [5.74, 6) is -1.08. The average Bonchev–Trinajstić information content (AvgIpc) is 3.08. The third kappa shape index (κ3) is 12.8. The van der Waals surface area contributed by atoms with Crippen molar-refractivity contribution in [3.63, 3.8) is 0 Å². The van der Waals surface area contributed by atoms with Crippen molar-refractivity contribution in [3.8, 4) is 22.6 Å². The maximum Gasteiger partial charge on any atom is 0.408 e. The smallest absolute Gasteiger partial charge is 0.408 e. The Balaban J connectivity index is 2.06. The minimum atomic E-state index is -1.17. The standard InChI is InChI=1S/C40H50N2O11/c1-24(43)28-19-27(22-31(35(44)50-10)41-37(46)51-23-25-14-12-11-13-15-25)20-30(34(28)49-9)29-18-26(16-17-33(29)48-8)21-32(36(45)52-39(2,3)4)42-38(47)53-40(5,6)7/h11-20,31-32H,21-23H2,1-10H3,(H,41,46)(H,42,47)/t31-,32-/m0/s1. The fourth-order valence-corrected chi connectivity index (χ4v) is 5.31. The maximum absolute atomic E-state index is 13.3. The number of hydrogen-bond donors (Lipinski definition) is 2. The van der Waals surface area contributed by atoms with Crippen LogP contribution in [0.3, 0.4) is 0 Å². The van der Waals surface area contributed by atoms with Crippen LogP contribution in [0.1, 0.15) is 75.5 Å². The fourth-order valence-electron chi connectivity index (χ4n) is 5.31. The lowest BCUT2D eigenvalue weighted by atomic mass is 9.91. The molecular weight excluding hydrogens is 684 g/mol. The minimum Gasteiger partial charge on any atom is -0.496 e. The monoisotopic (exact) mass is 734 g/mol. The molecule has 0 fully saturated rings. The van der Waals surface area contributed by atoms with E-state index >= 15 is 0 Å². The molecule has 0 aromatic heterocycles. The Kier molecular flexibility index (Phi) is 14.4. The van der Waals surface area contributed by atoms with Gasteiger partial charge in [-0.25, -0.2) is 19.2 Å². The fraction of sp³-hybridized carbons (Fsp3) is 0.425. The van der Waals surface area contributed by atoms with Gasteiger partial charge in [-0.1, -0.05) is 36.4 Å². The first-order chi connectivity index (χ1) is 24.8. The first-order valence-electron chi connectivity index (χ1n) is 17.0. The number of ketones is 1. The first-order valence-corrected chi connectivity index (χ1v) is 17.0. The molecule has 0 saturated heterocycles. The van der Waals surface area contributed by atoms with Gasteiger partial charge in [0.25, 0.3) is 0 Å². The molecule has 0 heterocycles.